The molecule has 0 atom stereocenters. The third-order valence-electron chi connectivity index (χ3n) is 0.814. The minimum Gasteiger partial charge on any atom is -0.872 e. The smallest absolute Gasteiger partial charge is 0.872 e. The summed E-state index contributed by atoms with van der Waals surface area (Å²) in [5.74, 6) is -0.00519. The Kier molecular flexibility index (Phi) is 3.80. The van der Waals surface area contributed by atoms with Crippen molar-refractivity contribution in [3.8, 4) is 5.75 Å². The minimum atomic E-state index is -0.00519. The molecule has 1 aromatic carbocycles. The maximum Gasteiger partial charge on any atom is 1.00 e. The quantitative estimate of drug-likeness (QED) is 0.393. The van der Waals surface area contributed by atoms with Gasteiger partial charge in [-0.05, 0) is 12.1 Å². The van der Waals surface area contributed by atoms with Crippen molar-refractivity contribution in [2.75, 3.05) is 0 Å². The fourth-order valence-corrected chi connectivity index (χ4v) is 0.561. The molecule has 42 valence electrons. The molecule has 1 nitrogen and oxygen atoms in total. The topological polar surface area (TPSA) is 23.1 Å². The second-order valence-electron chi connectivity index (χ2n) is 1.45. The molecule has 0 amide bonds. The molecule has 9 heavy (non-hydrogen) atoms. The first-order valence-corrected chi connectivity index (χ1v) is 2.59. The summed E-state index contributed by atoms with van der Waals surface area (Å²) < 4.78 is 0. The second kappa shape index (κ2) is 3.84. The largest absolute Gasteiger partial charge is 1.00 e. The van der Waals surface area contributed by atoms with Crippen LogP contribution in [0, 0.1) is 0 Å². The predicted molar refractivity (Wildman–Crippen MR) is 30.9 cm³/mol. The van der Waals surface area contributed by atoms with Crippen LogP contribution in [0.5, 0.6) is 5.75 Å². The number of hydrogen-bond donors (Lipinski definition) is 0. The van der Waals surface area contributed by atoms with E-state index in [1.807, 2.05) is 0 Å². The van der Waals surface area contributed by atoms with E-state index in [0.717, 1.165) is 0 Å². The van der Waals surface area contributed by atoms with Gasteiger partial charge in [-0.15, -0.1) is 5.75 Å². The molecule has 0 aliphatic heterocycles. The average molecular weight is 134 g/mol. The molecule has 0 saturated carbocycles. The number of halogens is 1. The van der Waals surface area contributed by atoms with E-state index < -0.39 is 0 Å². The third-order valence-corrected chi connectivity index (χ3v) is 1.07. The van der Waals surface area contributed by atoms with E-state index in [1.54, 1.807) is 12.1 Å². The van der Waals surface area contributed by atoms with Crippen LogP contribution >= 0.6 is 11.6 Å². The zero-order chi connectivity index (χ0) is 5.98. The Bertz CT molecular complexity index is 152. The van der Waals surface area contributed by atoms with Gasteiger partial charge in [0.25, 0.3) is 0 Å². The van der Waals surface area contributed by atoms with Gasteiger partial charge < -0.3 is 5.11 Å². The first-order valence-electron chi connectivity index (χ1n) is 2.21. The van der Waals surface area contributed by atoms with E-state index in [0.29, 0.717) is 5.02 Å². The van der Waals surface area contributed by atoms with Crippen LogP contribution in [0.25, 0.3) is 0 Å². The molecule has 0 aliphatic rings. The maximum absolute atomic E-state index is 10.4. The SMILES string of the molecule is [Li+].[O-]c1ccc(Cl)cc1. The van der Waals surface area contributed by atoms with Crippen molar-refractivity contribution < 1.29 is 24.0 Å². The molecule has 0 saturated heterocycles. The van der Waals surface area contributed by atoms with Gasteiger partial charge in [-0.2, -0.15) is 0 Å². The molecule has 0 aromatic heterocycles. The van der Waals surface area contributed by atoms with Crippen molar-refractivity contribution in [3.05, 3.63) is 29.3 Å². The Labute approximate surface area is 70.8 Å². The molecule has 0 bridgehead atoms. The molecule has 3 heteroatoms. The molecule has 0 spiro atoms. The molecular formula is C6H4ClLiO. The summed E-state index contributed by atoms with van der Waals surface area (Å²) in [6.45, 7) is 0. The first kappa shape index (κ1) is 8.91. The standard InChI is InChI=1S/C6H5ClO.Li/c7-5-1-3-6(8)4-2-5;/h1-4,8H;/q;+1/p-1. The van der Waals surface area contributed by atoms with Crippen LogP contribution in [0.2, 0.25) is 5.02 Å². The van der Waals surface area contributed by atoms with E-state index in [-0.39, 0.29) is 24.6 Å². The van der Waals surface area contributed by atoms with E-state index >= 15 is 0 Å². The number of hydrogen-bond acceptors (Lipinski definition) is 1. The molecule has 1 aromatic rings. The van der Waals surface area contributed by atoms with Crippen molar-refractivity contribution >= 4 is 11.6 Å². The van der Waals surface area contributed by atoms with E-state index in [4.69, 9.17) is 11.6 Å². The van der Waals surface area contributed by atoms with Crippen LogP contribution in [-0.4, -0.2) is 0 Å². The van der Waals surface area contributed by atoms with Crippen LogP contribution in [0.1, 0.15) is 0 Å². The van der Waals surface area contributed by atoms with Crippen molar-refractivity contribution in [2.45, 2.75) is 0 Å². The molecular weight excluding hydrogens is 130 g/mol. The molecule has 0 radical (unpaired) electrons. The number of rotatable bonds is 0. The monoisotopic (exact) mass is 134 g/mol. The Hall–Kier alpha value is -0.0926. The molecule has 0 heterocycles. The van der Waals surface area contributed by atoms with Gasteiger partial charge in [-0.1, -0.05) is 23.7 Å². The maximum atomic E-state index is 10.4. The van der Waals surface area contributed by atoms with Gasteiger partial charge in [0.1, 0.15) is 0 Å². The van der Waals surface area contributed by atoms with Gasteiger partial charge in [0.15, 0.2) is 0 Å². The summed E-state index contributed by atoms with van der Waals surface area (Å²) in [6, 6.07) is 6.01. The van der Waals surface area contributed by atoms with Gasteiger partial charge in [0.05, 0.1) is 0 Å². The zero-order valence-corrected chi connectivity index (χ0v) is 5.85. The Morgan fingerprint density at radius 2 is 1.56 bits per heavy atom. The molecule has 0 N–H and O–H groups in total. The van der Waals surface area contributed by atoms with Crippen molar-refractivity contribution in [1.82, 2.24) is 0 Å². The normalized spacial score (nSPS) is 8.11. The molecule has 0 fully saturated rings. The predicted octanol–water partition coefficient (Wildman–Crippen LogP) is -1.58. The minimum absolute atomic E-state index is 0. The fraction of sp³-hybridized carbons (Fsp3) is 0. The Balaban J connectivity index is 0.000000640. The molecule has 1 rings (SSSR count). The van der Waals surface area contributed by atoms with Crippen LogP contribution in [-0.2, 0) is 0 Å². The third kappa shape index (κ3) is 2.81. The van der Waals surface area contributed by atoms with Gasteiger partial charge in [0, 0.05) is 5.02 Å². The Morgan fingerprint density at radius 3 is 1.89 bits per heavy atom. The number of benzene rings is 1. The van der Waals surface area contributed by atoms with Gasteiger partial charge in [-0.3, -0.25) is 0 Å². The summed E-state index contributed by atoms with van der Waals surface area (Å²) >= 11 is 5.47. The van der Waals surface area contributed by atoms with E-state index in [2.05, 4.69) is 0 Å². The van der Waals surface area contributed by atoms with Crippen LogP contribution in [0.4, 0.5) is 0 Å². The molecule has 0 aliphatic carbocycles. The Morgan fingerprint density at radius 1 is 1.11 bits per heavy atom. The summed E-state index contributed by atoms with van der Waals surface area (Å²) in [5.41, 5.74) is 0. The van der Waals surface area contributed by atoms with E-state index in [1.165, 1.54) is 12.1 Å². The van der Waals surface area contributed by atoms with Gasteiger partial charge in [0.2, 0.25) is 0 Å². The first-order chi connectivity index (χ1) is 3.79. The van der Waals surface area contributed by atoms with E-state index in [9.17, 15) is 5.11 Å². The van der Waals surface area contributed by atoms with Crippen LogP contribution < -0.4 is 24.0 Å². The summed E-state index contributed by atoms with van der Waals surface area (Å²) in [4.78, 5) is 0. The van der Waals surface area contributed by atoms with Gasteiger partial charge in [-0.25, -0.2) is 0 Å². The van der Waals surface area contributed by atoms with Crippen molar-refractivity contribution in [2.24, 2.45) is 0 Å². The fourth-order valence-electron chi connectivity index (χ4n) is 0.435. The summed E-state index contributed by atoms with van der Waals surface area (Å²) in [7, 11) is 0. The van der Waals surface area contributed by atoms with Crippen LogP contribution in [0.3, 0.4) is 0 Å². The zero-order valence-electron chi connectivity index (χ0n) is 5.10. The molecule has 0 unspecified atom stereocenters. The van der Waals surface area contributed by atoms with Crippen molar-refractivity contribution in [3.63, 3.8) is 0 Å². The summed E-state index contributed by atoms with van der Waals surface area (Å²) in [5, 5.41) is 11.0. The van der Waals surface area contributed by atoms with Crippen molar-refractivity contribution in [1.29, 1.82) is 0 Å². The van der Waals surface area contributed by atoms with Gasteiger partial charge >= 0.3 is 18.9 Å². The second-order valence-corrected chi connectivity index (χ2v) is 1.89. The summed E-state index contributed by atoms with van der Waals surface area (Å²) in [6.07, 6.45) is 0. The van der Waals surface area contributed by atoms with Crippen LogP contribution in [0.15, 0.2) is 24.3 Å². The average Bonchev–Trinajstić information content (AvgIpc) is 1.77.